The van der Waals surface area contributed by atoms with Crippen LogP contribution < -0.4 is 4.74 Å². The summed E-state index contributed by atoms with van der Waals surface area (Å²) < 4.78 is 10.1. The van der Waals surface area contributed by atoms with Gasteiger partial charge in [-0.25, -0.2) is 0 Å². The smallest absolute Gasteiger partial charge is 0.324 e. The Labute approximate surface area is 122 Å². The Bertz CT molecular complexity index is 567. The Hall–Kier alpha value is -2.24. The number of carboxylic acid groups (broad SMARTS) is 1. The molecule has 6 nitrogen and oxygen atoms in total. The number of hydrogen-bond donors (Lipinski definition) is 2. The summed E-state index contributed by atoms with van der Waals surface area (Å²) in [6.45, 7) is 3.90. The quantitative estimate of drug-likeness (QED) is 0.615. The molecule has 2 N–H and O–H groups in total. The zero-order chi connectivity index (χ0) is 15.6. The molecule has 1 aromatic carbocycles. The van der Waals surface area contributed by atoms with Crippen molar-refractivity contribution in [3.63, 3.8) is 0 Å². The van der Waals surface area contributed by atoms with Crippen LogP contribution in [0.4, 0.5) is 0 Å². The highest BCUT2D eigenvalue weighted by Gasteiger charge is 2.68. The molecule has 1 saturated carbocycles. The molecule has 114 valence electrons. The Morgan fingerprint density at radius 2 is 2.05 bits per heavy atom. The van der Waals surface area contributed by atoms with Gasteiger partial charge in [-0.2, -0.15) is 0 Å². The van der Waals surface area contributed by atoms with Gasteiger partial charge < -0.3 is 19.7 Å². The second-order valence-corrected chi connectivity index (χ2v) is 4.88. The average molecular weight is 294 g/mol. The van der Waals surface area contributed by atoms with E-state index in [0.29, 0.717) is 12.2 Å². The lowest BCUT2D eigenvalue weighted by molar-refractivity contribution is -0.161. The molecule has 1 fully saturated rings. The SMILES string of the molecule is CCOC(=O)C1(C(=O)O)CC1c1cccc(OCC)c1O. The fourth-order valence-corrected chi connectivity index (χ4v) is 2.54. The van der Waals surface area contributed by atoms with Gasteiger partial charge in [0.1, 0.15) is 0 Å². The van der Waals surface area contributed by atoms with Crippen LogP contribution in [0.15, 0.2) is 18.2 Å². The number of para-hydroxylation sites is 1. The van der Waals surface area contributed by atoms with E-state index in [9.17, 15) is 19.8 Å². The fourth-order valence-electron chi connectivity index (χ4n) is 2.54. The highest BCUT2D eigenvalue weighted by atomic mass is 16.5. The van der Waals surface area contributed by atoms with Crippen molar-refractivity contribution in [2.45, 2.75) is 26.2 Å². The van der Waals surface area contributed by atoms with Crippen LogP contribution in [0.5, 0.6) is 11.5 Å². The van der Waals surface area contributed by atoms with E-state index < -0.39 is 23.3 Å². The van der Waals surface area contributed by atoms with Gasteiger partial charge >= 0.3 is 11.9 Å². The molecule has 0 amide bonds. The van der Waals surface area contributed by atoms with E-state index in [1.54, 1.807) is 32.0 Å². The molecule has 0 spiro atoms. The zero-order valence-electron chi connectivity index (χ0n) is 12.0. The minimum Gasteiger partial charge on any atom is -0.504 e. The van der Waals surface area contributed by atoms with E-state index in [1.807, 2.05) is 0 Å². The molecule has 0 saturated heterocycles. The lowest BCUT2D eigenvalue weighted by Crippen LogP contribution is -2.29. The van der Waals surface area contributed by atoms with Gasteiger partial charge in [-0.3, -0.25) is 9.59 Å². The summed E-state index contributed by atoms with van der Waals surface area (Å²) in [6.07, 6.45) is 0.115. The number of carbonyl (C=O) groups excluding carboxylic acids is 1. The van der Waals surface area contributed by atoms with Crippen LogP contribution in [-0.2, 0) is 14.3 Å². The molecule has 2 unspecified atom stereocenters. The summed E-state index contributed by atoms with van der Waals surface area (Å²) in [4.78, 5) is 23.5. The molecular formula is C15H18O6. The van der Waals surface area contributed by atoms with Crippen molar-refractivity contribution in [1.29, 1.82) is 0 Å². The third-order valence-corrected chi connectivity index (χ3v) is 3.69. The van der Waals surface area contributed by atoms with Crippen LogP contribution in [0.3, 0.4) is 0 Å². The van der Waals surface area contributed by atoms with Gasteiger partial charge in [-0.1, -0.05) is 12.1 Å². The molecular weight excluding hydrogens is 276 g/mol. The summed E-state index contributed by atoms with van der Waals surface area (Å²) in [5, 5.41) is 19.6. The van der Waals surface area contributed by atoms with E-state index in [0.717, 1.165) is 0 Å². The summed E-state index contributed by atoms with van der Waals surface area (Å²) >= 11 is 0. The lowest BCUT2D eigenvalue weighted by Gasteiger charge is -2.13. The van der Waals surface area contributed by atoms with E-state index in [1.165, 1.54) is 0 Å². The van der Waals surface area contributed by atoms with Crippen LogP contribution in [0.25, 0.3) is 0 Å². The molecule has 0 radical (unpaired) electrons. The molecule has 1 aliphatic rings. The van der Waals surface area contributed by atoms with Gasteiger partial charge in [0.2, 0.25) is 0 Å². The number of phenols is 1. The molecule has 6 heteroatoms. The van der Waals surface area contributed by atoms with Crippen LogP contribution in [-0.4, -0.2) is 35.4 Å². The normalized spacial score (nSPS) is 23.4. The average Bonchev–Trinajstić information content (AvgIpc) is 3.18. The van der Waals surface area contributed by atoms with Crippen LogP contribution in [0, 0.1) is 5.41 Å². The predicted molar refractivity (Wildman–Crippen MR) is 73.3 cm³/mol. The van der Waals surface area contributed by atoms with Crippen LogP contribution in [0.2, 0.25) is 0 Å². The van der Waals surface area contributed by atoms with Crippen molar-refractivity contribution in [2.75, 3.05) is 13.2 Å². The molecule has 21 heavy (non-hydrogen) atoms. The van der Waals surface area contributed by atoms with Crippen LogP contribution in [0.1, 0.15) is 31.7 Å². The number of carboxylic acids is 1. The van der Waals surface area contributed by atoms with Gasteiger partial charge in [0, 0.05) is 11.5 Å². The zero-order valence-corrected chi connectivity index (χ0v) is 12.0. The largest absolute Gasteiger partial charge is 0.504 e. The van der Waals surface area contributed by atoms with Gasteiger partial charge in [0.25, 0.3) is 0 Å². The standard InChI is InChI=1S/C15H18O6/c1-3-20-11-7-5-6-9(12(11)16)10-8-15(10,13(17)18)14(19)21-4-2/h5-7,10,16H,3-4,8H2,1-2H3,(H,17,18). The third-order valence-electron chi connectivity index (χ3n) is 3.69. The Morgan fingerprint density at radius 1 is 1.33 bits per heavy atom. The molecule has 2 atom stereocenters. The summed E-state index contributed by atoms with van der Waals surface area (Å²) in [5.41, 5.74) is -1.20. The topological polar surface area (TPSA) is 93.1 Å². The van der Waals surface area contributed by atoms with Gasteiger partial charge in [-0.05, 0) is 26.3 Å². The number of aliphatic carboxylic acids is 1. The molecule has 2 rings (SSSR count). The predicted octanol–water partition coefficient (Wildman–Crippen LogP) is 1.91. The Balaban J connectivity index is 2.34. The van der Waals surface area contributed by atoms with E-state index in [-0.39, 0.29) is 24.5 Å². The number of benzene rings is 1. The number of rotatable bonds is 6. The van der Waals surface area contributed by atoms with Gasteiger partial charge in [0.05, 0.1) is 13.2 Å². The summed E-state index contributed by atoms with van der Waals surface area (Å²) in [7, 11) is 0. The van der Waals surface area contributed by atoms with Crippen molar-refractivity contribution in [1.82, 2.24) is 0 Å². The first-order valence-electron chi connectivity index (χ1n) is 6.84. The molecule has 0 bridgehead atoms. The fraction of sp³-hybridized carbons (Fsp3) is 0.467. The Morgan fingerprint density at radius 3 is 2.62 bits per heavy atom. The molecule has 0 aromatic heterocycles. The van der Waals surface area contributed by atoms with Gasteiger partial charge in [0.15, 0.2) is 16.9 Å². The number of carbonyl (C=O) groups is 2. The van der Waals surface area contributed by atoms with Crippen molar-refractivity contribution >= 4 is 11.9 Å². The van der Waals surface area contributed by atoms with E-state index in [2.05, 4.69) is 0 Å². The van der Waals surface area contributed by atoms with Crippen molar-refractivity contribution < 1.29 is 29.3 Å². The maximum atomic E-state index is 12.0. The van der Waals surface area contributed by atoms with Gasteiger partial charge in [-0.15, -0.1) is 0 Å². The number of esters is 1. The first kappa shape index (κ1) is 15.2. The molecule has 0 aliphatic heterocycles. The molecule has 0 heterocycles. The Kier molecular flexibility index (Phi) is 4.06. The van der Waals surface area contributed by atoms with E-state index in [4.69, 9.17) is 9.47 Å². The highest BCUT2D eigenvalue weighted by Crippen LogP contribution is 2.62. The lowest BCUT2D eigenvalue weighted by atomic mass is 9.98. The van der Waals surface area contributed by atoms with Crippen molar-refractivity contribution in [3.8, 4) is 11.5 Å². The maximum Gasteiger partial charge on any atom is 0.324 e. The first-order valence-corrected chi connectivity index (χ1v) is 6.84. The van der Waals surface area contributed by atoms with Crippen LogP contribution >= 0.6 is 0 Å². The first-order chi connectivity index (χ1) is 9.98. The van der Waals surface area contributed by atoms with E-state index >= 15 is 0 Å². The number of phenolic OH excluding ortho intramolecular Hbond substituents is 1. The number of aromatic hydroxyl groups is 1. The monoisotopic (exact) mass is 294 g/mol. The summed E-state index contributed by atoms with van der Waals surface area (Å²) in [5.74, 6) is -2.42. The maximum absolute atomic E-state index is 12.0. The van der Waals surface area contributed by atoms with Crippen molar-refractivity contribution in [2.24, 2.45) is 5.41 Å². The summed E-state index contributed by atoms with van der Waals surface area (Å²) in [6, 6.07) is 4.86. The minimum absolute atomic E-state index is 0.114. The second-order valence-electron chi connectivity index (χ2n) is 4.88. The second kappa shape index (κ2) is 5.63. The number of ether oxygens (including phenoxy) is 2. The minimum atomic E-state index is -1.60. The highest BCUT2D eigenvalue weighted by molar-refractivity contribution is 6.04. The molecule has 1 aromatic rings. The molecule has 1 aliphatic carbocycles. The van der Waals surface area contributed by atoms with Crippen molar-refractivity contribution in [3.05, 3.63) is 23.8 Å². The number of hydrogen-bond acceptors (Lipinski definition) is 5. The third kappa shape index (κ3) is 2.41.